The second kappa shape index (κ2) is 7.64. The van der Waals surface area contributed by atoms with Gasteiger partial charge >= 0.3 is 0 Å². The van der Waals surface area contributed by atoms with Gasteiger partial charge in [0, 0.05) is 12.7 Å². The fourth-order valence-corrected chi connectivity index (χ4v) is 3.92. The maximum atomic E-state index is 14.2. The van der Waals surface area contributed by atoms with Crippen LogP contribution in [-0.4, -0.2) is 39.6 Å². The van der Waals surface area contributed by atoms with E-state index in [-0.39, 0.29) is 5.82 Å². The van der Waals surface area contributed by atoms with Crippen LogP contribution in [0.1, 0.15) is 6.92 Å². The van der Waals surface area contributed by atoms with E-state index in [0.29, 0.717) is 39.6 Å². The first-order valence-corrected chi connectivity index (χ1v) is 10.1. The van der Waals surface area contributed by atoms with Gasteiger partial charge in [-0.3, -0.25) is 4.98 Å². The lowest BCUT2D eigenvalue weighted by atomic mass is 10.2. The molecule has 0 saturated heterocycles. The van der Waals surface area contributed by atoms with E-state index in [9.17, 15) is 4.39 Å². The summed E-state index contributed by atoms with van der Waals surface area (Å²) in [5.74, 6) is 0.659. The van der Waals surface area contributed by atoms with Crippen LogP contribution in [0.3, 0.4) is 0 Å². The van der Waals surface area contributed by atoms with Crippen molar-refractivity contribution in [3.8, 4) is 22.9 Å². The summed E-state index contributed by atoms with van der Waals surface area (Å²) in [6, 6.07) is 15.7. The largest absolute Gasteiger partial charge is 0.301 e. The lowest BCUT2D eigenvalue weighted by molar-refractivity contribution is 0.628. The number of aromatic nitrogens is 8. The predicted molar refractivity (Wildman–Crippen MR) is 109 cm³/mol. The predicted octanol–water partition coefficient (Wildman–Crippen LogP) is 3.76. The Morgan fingerprint density at radius 1 is 0.900 bits per heavy atom. The molecule has 0 aliphatic heterocycles. The molecule has 4 aromatic heterocycles. The summed E-state index contributed by atoms with van der Waals surface area (Å²) in [7, 11) is 0. The summed E-state index contributed by atoms with van der Waals surface area (Å²) in [5.41, 5.74) is 1.63. The first kappa shape index (κ1) is 18.4. The normalized spacial score (nSPS) is 11.3. The highest BCUT2D eigenvalue weighted by Crippen LogP contribution is 2.29. The van der Waals surface area contributed by atoms with Crippen molar-refractivity contribution in [3.63, 3.8) is 0 Å². The summed E-state index contributed by atoms with van der Waals surface area (Å²) in [4.78, 5) is 4.36. The van der Waals surface area contributed by atoms with Crippen LogP contribution < -0.4 is 0 Å². The summed E-state index contributed by atoms with van der Waals surface area (Å²) in [5, 5.41) is 22.8. The molecule has 10 heteroatoms. The summed E-state index contributed by atoms with van der Waals surface area (Å²) in [6.45, 7) is 2.70. The quantitative estimate of drug-likeness (QED) is 0.429. The van der Waals surface area contributed by atoms with E-state index in [4.69, 9.17) is 0 Å². The molecule has 5 rings (SSSR count). The van der Waals surface area contributed by atoms with Crippen molar-refractivity contribution >= 4 is 17.4 Å². The first-order chi connectivity index (χ1) is 14.7. The van der Waals surface area contributed by atoms with E-state index in [1.54, 1.807) is 30.5 Å². The van der Waals surface area contributed by atoms with Crippen molar-refractivity contribution < 1.29 is 4.39 Å². The molecule has 1 aromatic carbocycles. The molecule has 148 valence electrons. The van der Waals surface area contributed by atoms with Gasteiger partial charge in [-0.1, -0.05) is 18.2 Å². The Morgan fingerprint density at radius 2 is 1.73 bits per heavy atom. The van der Waals surface area contributed by atoms with Crippen LogP contribution in [0.5, 0.6) is 0 Å². The number of hydrogen-bond acceptors (Lipinski definition) is 7. The van der Waals surface area contributed by atoms with Crippen LogP contribution in [0, 0.1) is 5.82 Å². The molecule has 0 amide bonds. The Bertz CT molecular complexity index is 1330. The number of benzene rings is 1. The molecule has 0 aliphatic rings. The second-order valence-corrected chi connectivity index (χ2v) is 7.30. The molecular weight excluding hydrogens is 403 g/mol. The van der Waals surface area contributed by atoms with Crippen LogP contribution in [0.4, 0.5) is 4.39 Å². The minimum absolute atomic E-state index is 0.341. The smallest absolute Gasteiger partial charge is 0.197 e. The molecule has 0 N–H and O–H groups in total. The van der Waals surface area contributed by atoms with Gasteiger partial charge in [0.2, 0.25) is 0 Å². The molecule has 4 heterocycles. The average molecular weight is 418 g/mol. The molecule has 5 aromatic rings. The van der Waals surface area contributed by atoms with Gasteiger partial charge in [-0.05, 0) is 55.1 Å². The number of halogens is 1. The summed E-state index contributed by atoms with van der Waals surface area (Å²) < 4.78 is 17.8. The van der Waals surface area contributed by atoms with Crippen LogP contribution in [0.25, 0.3) is 28.6 Å². The fourth-order valence-electron chi connectivity index (χ4n) is 3.06. The van der Waals surface area contributed by atoms with Gasteiger partial charge in [-0.25, -0.2) is 4.39 Å². The Kier molecular flexibility index (Phi) is 4.68. The molecule has 0 bridgehead atoms. The molecule has 0 fully saturated rings. The van der Waals surface area contributed by atoms with Gasteiger partial charge in [0.05, 0.1) is 5.56 Å². The van der Waals surface area contributed by atoms with E-state index >= 15 is 0 Å². The highest BCUT2D eigenvalue weighted by molar-refractivity contribution is 7.99. The van der Waals surface area contributed by atoms with Crippen molar-refractivity contribution in [2.75, 3.05) is 0 Å². The number of hydrogen-bond donors (Lipinski definition) is 0. The average Bonchev–Trinajstić information content (AvgIpc) is 3.38. The van der Waals surface area contributed by atoms with Crippen LogP contribution in [0.15, 0.2) is 71.0 Å². The van der Waals surface area contributed by atoms with Crippen molar-refractivity contribution in [2.45, 2.75) is 23.7 Å². The minimum Gasteiger partial charge on any atom is -0.301 e. The molecule has 0 radical (unpaired) electrons. The Hall–Kier alpha value is -3.66. The highest BCUT2D eigenvalue weighted by atomic mass is 32.2. The lowest BCUT2D eigenvalue weighted by Crippen LogP contribution is -2.02. The van der Waals surface area contributed by atoms with Gasteiger partial charge in [-0.2, -0.15) is 9.61 Å². The second-order valence-electron chi connectivity index (χ2n) is 6.31. The molecule has 30 heavy (non-hydrogen) atoms. The third-order valence-corrected chi connectivity index (χ3v) is 5.39. The van der Waals surface area contributed by atoms with Crippen LogP contribution >= 0.6 is 11.8 Å². The van der Waals surface area contributed by atoms with Gasteiger partial charge in [0.25, 0.3) is 0 Å². The van der Waals surface area contributed by atoms with Gasteiger partial charge in [0.15, 0.2) is 22.5 Å². The summed E-state index contributed by atoms with van der Waals surface area (Å²) >= 11 is 1.36. The molecular formula is C20H15FN8S. The third kappa shape index (κ3) is 3.20. The highest BCUT2D eigenvalue weighted by Gasteiger charge is 2.17. The van der Waals surface area contributed by atoms with Crippen molar-refractivity contribution in [2.24, 2.45) is 0 Å². The zero-order valence-corrected chi connectivity index (χ0v) is 16.7. The Balaban J connectivity index is 1.53. The van der Waals surface area contributed by atoms with Gasteiger partial charge < -0.3 is 4.57 Å². The van der Waals surface area contributed by atoms with Crippen molar-refractivity contribution in [3.05, 3.63) is 66.6 Å². The molecule has 8 nitrogen and oxygen atoms in total. The zero-order valence-electron chi connectivity index (χ0n) is 15.8. The van der Waals surface area contributed by atoms with Crippen LogP contribution in [-0.2, 0) is 6.54 Å². The monoisotopic (exact) mass is 418 g/mol. The van der Waals surface area contributed by atoms with E-state index in [0.717, 1.165) is 5.69 Å². The number of fused-ring (bicyclic) bond motifs is 1. The lowest BCUT2D eigenvalue weighted by Gasteiger charge is -2.07. The maximum absolute atomic E-state index is 14.2. The fraction of sp³-hybridized carbons (Fsp3) is 0.100. The van der Waals surface area contributed by atoms with E-state index in [1.165, 1.54) is 22.3 Å². The first-order valence-electron chi connectivity index (χ1n) is 9.24. The SMILES string of the molecule is CCn1c(Sc2ccc3nnc(-c4ccccc4F)n3n2)nnc1-c1ccccn1. The standard InChI is InChI=1S/C20H15FN8S/c1-2-28-19(15-9-5-6-12-22-15)25-26-20(28)30-17-11-10-16-23-24-18(29(16)27-17)13-7-3-4-8-14(13)21/h3-12H,2H2,1H3. The topological polar surface area (TPSA) is 86.7 Å². The third-order valence-electron chi connectivity index (χ3n) is 4.48. The molecule has 0 saturated carbocycles. The van der Waals surface area contributed by atoms with E-state index in [1.807, 2.05) is 35.8 Å². The number of nitrogens with zero attached hydrogens (tertiary/aromatic N) is 8. The Labute approximate surface area is 174 Å². The van der Waals surface area contributed by atoms with Gasteiger partial charge in [-0.15, -0.1) is 20.4 Å². The molecule has 0 atom stereocenters. The molecule has 0 spiro atoms. The van der Waals surface area contributed by atoms with Crippen molar-refractivity contribution in [1.29, 1.82) is 0 Å². The number of rotatable bonds is 5. The maximum Gasteiger partial charge on any atom is 0.197 e. The van der Waals surface area contributed by atoms with E-state index in [2.05, 4.69) is 30.5 Å². The Morgan fingerprint density at radius 3 is 2.53 bits per heavy atom. The summed E-state index contributed by atoms with van der Waals surface area (Å²) in [6.07, 6.45) is 1.72. The minimum atomic E-state index is -0.377. The number of pyridine rings is 1. The van der Waals surface area contributed by atoms with Gasteiger partial charge in [0.1, 0.15) is 16.5 Å². The molecule has 0 aliphatic carbocycles. The van der Waals surface area contributed by atoms with E-state index < -0.39 is 0 Å². The zero-order chi connectivity index (χ0) is 20.5. The van der Waals surface area contributed by atoms with Crippen LogP contribution in [0.2, 0.25) is 0 Å². The van der Waals surface area contributed by atoms with Crippen molar-refractivity contribution in [1.82, 2.24) is 39.6 Å². The molecule has 0 unspecified atom stereocenters.